The highest BCUT2D eigenvalue weighted by Crippen LogP contribution is 2.23. The Kier molecular flexibility index (Phi) is 4.97. The van der Waals surface area contributed by atoms with Crippen molar-refractivity contribution in [3.8, 4) is 0 Å². The molecule has 2 atom stereocenters. The van der Waals surface area contributed by atoms with Crippen LogP contribution in [0.15, 0.2) is 12.1 Å². The van der Waals surface area contributed by atoms with Crippen molar-refractivity contribution in [1.29, 1.82) is 0 Å². The fraction of sp³-hybridized carbons (Fsp3) is 0.533. The number of carbonyl (C=O) groups is 1. The van der Waals surface area contributed by atoms with Gasteiger partial charge >= 0.3 is 0 Å². The average Bonchev–Trinajstić information content (AvgIpc) is 2.60. The van der Waals surface area contributed by atoms with Crippen molar-refractivity contribution in [1.82, 2.24) is 5.32 Å². The number of rotatable bonds is 2. The Hall–Kier alpha value is -1.16. The number of hydrogen-bond acceptors (Lipinski definition) is 1. The van der Waals surface area contributed by atoms with E-state index in [0.29, 0.717) is 0 Å². The van der Waals surface area contributed by atoms with Gasteiger partial charge in [-0.25, -0.2) is 8.78 Å². The van der Waals surface area contributed by atoms with Gasteiger partial charge in [0.1, 0.15) is 17.2 Å². The highest BCUT2D eigenvalue weighted by atomic mass is 35.5. The van der Waals surface area contributed by atoms with Crippen LogP contribution >= 0.6 is 11.6 Å². The summed E-state index contributed by atoms with van der Waals surface area (Å²) in [6.45, 7) is 1.50. The Morgan fingerprint density at radius 3 is 2.70 bits per heavy atom. The highest BCUT2D eigenvalue weighted by molar-refractivity contribution is 6.21. The van der Waals surface area contributed by atoms with Gasteiger partial charge in [0.2, 0.25) is 0 Å². The summed E-state index contributed by atoms with van der Waals surface area (Å²) in [5.74, 6) is -2.37. The van der Waals surface area contributed by atoms with Crippen LogP contribution in [0.2, 0.25) is 0 Å². The second kappa shape index (κ2) is 6.53. The summed E-state index contributed by atoms with van der Waals surface area (Å²) >= 11 is 6.23. The first-order valence-corrected chi connectivity index (χ1v) is 7.34. The van der Waals surface area contributed by atoms with E-state index in [1.54, 1.807) is 0 Å². The van der Waals surface area contributed by atoms with Gasteiger partial charge < -0.3 is 5.32 Å². The van der Waals surface area contributed by atoms with Gasteiger partial charge in [0.15, 0.2) is 0 Å². The van der Waals surface area contributed by atoms with Crippen molar-refractivity contribution >= 4 is 17.5 Å². The molecule has 0 aliphatic heterocycles. The number of benzene rings is 1. The van der Waals surface area contributed by atoms with Gasteiger partial charge in [-0.05, 0) is 31.4 Å². The lowest BCUT2D eigenvalue weighted by Crippen LogP contribution is -2.41. The summed E-state index contributed by atoms with van der Waals surface area (Å²) in [4.78, 5) is 12.1. The smallest absolute Gasteiger partial charge is 0.257 e. The number of amides is 1. The molecule has 5 heteroatoms. The molecule has 0 heterocycles. The summed E-state index contributed by atoms with van der Waals surface area (Å²) in [5, 5.41) is 2.50. The molecule has 0 saturated heterocycles. The van der Waals surface area contributed by atoms with Gasteiger partial charge in [0.25, 0.3) is 5.91 Å². The van der Waals surface area contributed by atoms with Crippen molar-refractivity contribution < 1.29 is 13.6 Å². The Morgan fingerprint density at radius 1 is 1.25 bits per heavy atom. The van der Waals surface area contributed by atoms with Crippen LogP contribution in [0, 0.1) is 18.6 Å². The minimum Gasteiger partial charge on any atom is -0.348 e. The molecule has 2 nitrogen and oxygen atoms in total. The lowest BCUT2D eigenvalue weighted by Gasteiger charge is -2.21. The van der Waals surface area contributed by atoms with Gasteiger partial charge in [-0.1, -0.05) is 25.3 Å². The number of halogens is 3. The van der Waals surface area contributed by atoms with E-state index in [4.69, 9.17) is 11.6 Å². The van der Waals surface area contributed by atoms with Crippen LogP contribution < -0.4 is 5.32 Å². The zero-order chi connectivity index (χ0) is 14.7. The van der Waals surface area contributed by atoms with E-state index in [9.17, 15) is 13.6 Å². The molecule has 20 heavy (non-hydrogen) atoms. The van der Waals surface area contributed by atoms with Crippen molar-refractivity contribution in [3.05, 3.63) is 34.9 Å². The van der Waals surface area contributed by atoms with Gasteiger partial charge in [-0.3, -0.25) is 4.79 Å². The molecular weight excluding hydrogens is 284 g/mol. The van der Waals surface area contributed by atoms with Crippen LogP contribution in [-0.2, 0) is 0 Å². The Morgan fingerprint density at radius 2 is 1.95 bits per heavy atom. The molecule has 1 aliphatic rings. The van der Waals surface area contributed by atoms with Crippen LogP contribution in [0.1, 0.15) is 48.0 Å². The topological polar surface area (TPSA) is 29.1 Å². The zero-order valence-corrected chi connectivity index (χ0v) is 12.1. The van der Waals surface area contributed by atoms with Gasteiger partial charge in [-0.2, -0.15) is 0 Å². The SMILES string of the molecule is Cc1ccc(F)c(C(=O)NC2CCCCCC2Cl)c1F. The Labute approximate surface area is 122 Å². The molecule has 0 bridgehead atoms. The molecule has 0 spiro atoms. The normalized spacial score (nSPS) is 23.2. The molecule has 1 saturated carbocycles. The lowest BCUT2D eigenvalue weighted by atomic mass is 10.1. The summed E-state index contributed by atoms with van der Waals surface area (Å²) in [5.41, 5.74) is -0.266. The Balaban J connectivity index is 2.17. The fourth-order valence-electron chi connectivity index (χ4n) is 2.53. The molecule has 110 valence electrons. The van der Waals surface area contributed by atoms with Crippen LogP contribution in [0.4, 0.5) is 8.78 Å². The molecule has 2 rings (SSSR count). The maximum absolute atomic E-state index is 13.9. The molecule has 1 aromatic rings. The predicted molar refractivity (Wildman–Crippen MR) is 75.1 cm³/mol. The van der Waals surface area contributed by atoms with E-state index in [1.165, 1.54) is 13.0 Å². The van der Waals surface area contributed by atoms with Gasteiger partial charge in [0.05, 0.1) is 5.38 Å². The van der Waals surface area contributed by atoms with E-state index in [-0.39, 0.29) is 17.0 Å². The maximum Gasteiger partial charge on any atom is 0.257 e. The average molecular weight is 302 g/mol. The van der Waals surface area contributed by atoms with Crippen molar-refractivity contribution in [2.45, 2.75) is 50.4 Å². The van der Waals surface area contributed by atoms with Crippen molar-refractivity contribution in [2.24, 2.45) is 0 Å². The number of alkyl halides is 1. The third-order valence-electron chi connectivity index (χ3n) is 3.76. The molecule has 1 aliphatic carbocycles. The van der Waals surface area contributed by atoms with Crippen molar-refractivity contribution in [3.63, 3.8) is 0 Å². The monoisotopic (exact) mass is 301 g/mol. The molecule has 1 amide bonds. The number of hydrogen-bond donors (Lipinski definition) is 1. The molecule has 1 fully saturated rings. The van der Waals surface area contributed by atoms with Crippen LogP contribution in [0.25, 0.3) is 0 Å². The minimum atomic E-state index is -0.842. The first-order valence-electron chi connectivity index (χ1n) is 6.90. The number of carbonyl (C=O) groups excluding carboxylic acids is 1. The predicted octanol–water partition coefficient (Wildman–Crippen LogP) is 3.94. The van der Waals surface area contributed by atoms with E-state index in [1.807, 2.05) is 0 Å². The lowest BCUT2D eigenvalue weighted by molar-refractivity contribution is 0.0925. The zero-order valence-electron chi connectivity index (χ0n) is 11.4. The largest absolute Gasteiger partial charge is 0.348 e. The molecule has 0 radical (unpaired) electrons. The first kappa shape index (κ1) is 15.2. The quantitative estimate of drug-likeness (QED) is 0.650. The standard InChI is InChI=1S/C15H18ClF2NO/c1-9-7-8-11(17)13(14(9)18)15(20)19-12-6-4-2-3-5-10(12)16/h7-8,10,12H,2-6H2,1H3,(H,19,20). The number of aryl methyl sites for hydroxylation is 1. The molecule has 0 aromatic heterocycles. The van der Waals surface area contributed by atoms with Gasteiger partial charge in [0, 0.05) is 6.04 Å². The highest BCUT2D eigenvalue weighted by Gasteiger charge is 2.26. The minimum absolute atomic E-state index is 0.183. The first-order chi connectivity index (χ1) is 9.50. The molecule has 2 unspecified atom stereocenters. The van der Waals surface area contributed by atoms with Crippen LogP contribution in [0.3, 0.4) is 0 Å². The van der Waals surface area contributed by atoms with Crippen molar-refractivity contribution in [2.75, 3.05) is 0 Å². The van der Waals surface area contributed by atoms with E-state index >= 15 is 0 Å². The summed E-state index contributed by atoms with van der Waals surface area (Å²) in [7, 11) is 0. The second-order valence-electron chi connectivity index (χ2n) is 5.29. The van der Waals surface area contributed by atoms with Crippen LogP contribution in [-0.4, -0.2) is 17.3 Å². The molecule has 1 N–H and O–H groups in total. The second-order valence-corrected chi connectivity index (χ2v) is 5.85. The number of nitrogens with one attached hydrogen (secondary N) is 1. The van der Waals surface area contributed by atoms with Gasteiger partial charge in [-0.15, -0.1) is 11.6 Å². The van der Waals surface area contributed by atoms with Crippen LogP contribution in [0.5, 0.6) is 0 Å². The fourth-order valence-corrected chi connectivity index (χ4v) is 2.87. The summed E-state index contributed by atoms with van der Waals surface area (Å²) in [6, 6.07) is 2.20. The molecular formula is C15H18ClF2NO. The molecule has 1 aromatic carbocycles. The third kappa shape index (κ3) is 3.29. The third-order valence-corrected chi connectivity index (χ3v) is 4.28. The summed E-state index contributed by atoms with van der Waals surface area (Å²) < 4.78 is 27.6. The Bertz CT molecular complexity index is 507. The van der Waals surface area contributed by atoms with E-state index in [0.717, 1.165) is 38.2 Å². The summed E-state index contributed by atoms with van der Waals surface area (Å²) in [6.07, 6.45) is 4.61. The van der Waals surface area contributed by atoms with E-state index in [2.05, 4.69) is 5.32 Å². The van der Waals surface area contributed by atoms with E-state index < -0.39 is 23.1 Å². The maximum atomic E-state index is 13.9.